The highest BCUT2D eigenvalue weighted by Crippen LogP contribution is 2.18. The van der Waals surface area contributed by atoms with E-state index in [1.807, 2.05) is 36.1 Å². The van der Waals surface area contributed by atoms with Crippen molar-refractivity contribution < 1.29 is 4.68 Å². The third kappa shape index (κ3) is 1.72. The molecule has 0 spiro atoms. The zero-order chi connectivity index (χ0) is 9.26. The van der Waals surface area contributed by atoms with E-state index in [9.17, 15) is 0 Å². The van der Waals surface area contributed by atoms with Gasteiger partial charge in [-0.25, -0.2) is 0 Å². The van der Waals surface area contributed by atoms with Crippen molar-refractivity contribution in [3.8, 4) is 11.4 Å². The fraction of sp³-hybridized carbons (Fsp3) is 0.111. The second-order valence-electron chi connectivity index (χ2n) is 2.79. The highest BCUT2D eigenvalue weighted by Gasteiger charge is 2.11. The zero-order valence-electron chi connectivity index (χ0n) is 7.16. The van der Waals surface area contributed by atoms with Crippen LogP contribution in [0.25, 0.3) is 11.4 Å². The van der Waals surface area contributed by atoms with Gasteiger partial charge in [0, 0.05) is 6.20 Å². The van der Waals surface area contributed by atoms with Gasteiger partial charge < -0.3 is 0 Å². The van der Waals surface area contributed by atoms with E-state index < -0.39 is 0 Å². The molecule has 0 aliphatic heterocycles. The van der Waals surface area contributed by atoms with Crippen molar-refractivity contribution in [2.75, 3.05) is 0 Å². The van der Waals surface area contributed by atoms with Crippen molar-refractivity contribution in [2.24, 2.45) is 7.05 Å². The van der Waals surface area contributed by atoms with Crippen LogP contribution in [0.3, 0.4) is 0 Å². The van der Waals surface area contributed by atoms with Crippen LogP contribution in [0.5, 0.6) is 0 Å². The van der Waals surface area contributed by atoms with E-state index in [1.165, 1.54) is 3.57 Å². The molecule has 0 saturated carbocycles. The minimum Gasteiger partial charge on any atom is -0.254 e. The number of hydrogen-bond acceptors (Lipinski definition) is 1. The predicted octanol–water partition coefficient (Wildman–Crippen LogP) is 1.51. The van der Waals surface area contributed by atoms with Crippen LogP contribution in [0.15, 0.2) is 30.6 Å². The summed E-state index contributed by atoms with van der Waals surface area (Å²) in [6.07, 6.45) is 3.83. The van der Waals surface area contributed by atoms with Gasteiger partial charge >= 0.3 is 0 Å². The number of aromatic amines is 1. The predicted molar refractivity (Wildman–Crippen MR) is 57.9 cm³/mol. The van der Waals surface area contributed by atoms with E-state index in [2.05, 4.69) is 32.7 Å². The summed E-state index contributed by atoms with van der Waals surface area (Å²) in [4.78, 5) is 4.27. The summed E-state index contributed by atoms with van der Waals surface area (Å²) >= 11 is 2.29. The second-order valence-corrected chi connectivity index (χ2v) is 3.95. The van der Waals surface area contributed by atoms with Crippen LogP contribution in [0.1, 0.15) is 0 Å². The Morgan fingerprint density at radius 3 is 2.85 bits per heavy atom. The number of halogens is 1. The zero-order valence-corrected chi connectivity index (χ0v) is 9.32. The molecular formula is C9H9IN3+. The quantitative estimate of drug-likeness (QED) is 0.625. The summed E-state index contributed by atoms with van der Waals surface area (Å²) in [5.41, 5.74) is 2.05. The first-order valence-electron chi connectivity index (χ1n) is 3.93. The topological polar surface area (TPSA) is 32.6 Å². The van der Waals surface area contributed by atoms with E-state index in [-0.39, 0.29) is 0 Å². The minimum atomic E-state index is 0.979. The maximum Gasteiger partial charge on any atom is 0.209 e. The molecular weight excluding hydrogens is 277 g/mol. The van der Waals surface area contributed by atoms with Crippen LogP contribution in [0.4, 0.5) is 0 Å². The van der Waals surface area contributed by atoms with Crippen LogP contribution in [0, 0.1) is 3.57 Å². The van der Waals surface area contributed by atoms with Gasteiger partial charge in [-0.15, -0.1) is 4.68 Å². The average Bonchev–Trinajstić information content (AvgIpc) is 2.47. The molecule has 0 unspecified atom stereocenters. The van der Waals surface area contributed by atoms with Gasteiger partial charge in [-0.3, -0.25) is 4.98 Å². The molecule has 0 atom stereocenters. The molecule has 0 bridgehead atoms. The first kappa shape index (κ1) is 8.68. The van der Waals surface area contributed by atoms with Crippen molar-refractivity contribution >= 4 is 22.6 Å². The van der Waals surface area contributed by atoms with Gasteiger partial charge in [0.05, 0.1) is 5.69 Å². The Bertz CT molecular complexity index is 408. The maximum absolute atomic E-state index is 4.27. The lowest BCUT2D eigenvalue weighted by Gasteiger charge is -1.92. The Labute approximate surface area is 89.9 Å². The monoisotopic (exact) mass is 286 g/mol. The van der Waals surface area contributed by atoms with Gasteiger partial charge in [0.2, 0.25) is 6.20 Å². The van der Waals surface area contributed by atoms with Crippen molar-refractivity contribution in [3.63, 3.8) is 0 Å². The first-order valence-corrected chi connectivity index (χ1v) is 5.01. The van der Waals surface area contributed by atoms with Crippen molar-refractivity contribution in [1.29, 1.82) is 0 Å². The number of nitrogens with zero attached hydrogens (tertiary/aromatic N) is 2. The van der Waals surface area contributed by atoms with E-state index in [1.54, 1.807) is 6.20 Å². The van der Waals surface area contributed by atoms with Crippen LogP contribution in [0.2, 0.25) is 0 Å². The molecule has 2 rings (SSSR count). The number of pyridine rings is 1. The van der Waals surface area contributed by atoms with Gasteiger partial charge in [0.25, 0.3) is 0 Å². The third-order valence-electron chi connectivity index (χ3n) is 1.76. The van der Waals surface area contributed by atoms with E-state index in [0.717, 1.165) is 11.4 Å². The van der Waals surface area contributed by atoms with Crippen LogP contribution < -0.4 is 4.68 Å². The fourth-order valence-electron chi connectivity index (χ4n) is 1.19. The van der Waals surface area contributed by atoms with Crippen LogP contribution in [-0.4, -0.2) is 10.1 Å². The molecule has 0 fully saturated rings. The van der Waals surface area contributed by atoms with Crippen LogP contribution >= 0.6 is 22.6 Å². The molecule has 66 valence electrons. The molecule has 2 aromatic rings. The summed E-state index contributed by atoms with van der Waals surface area (Å²) in [6.45, 7) is 0. The van der Waals surface area contributed by atoms with Crippen molar-refractivity contribution in [2.45, 2.75) is 0 Å². The van der Waals surface area contributed by atoms with E-state index in [4.69, 9.17) is 0 Å². The Balaban J connectivity index is 2.53. The Hall–Kier alpha value is -0.910. The Kier molecular flexibility index (Phi) is 2.30. The summed E-state index contributed by atoms with van der Waals surface area (Å²) in [6, 6.07) is 5.90. The molecule has 0 aliphatic carbocycles. The molecule has 0 aromatic carbocycles. The molecule has 0 amide bonds. The molecule has 2 aromatic heterocycles. The Morgan fingerprint density at radius 1 is 1.46 bits per heavy atom. The number of nitrogens with one attached hydrogen (secondary N) is 1. The molecule has 13 heavy (non-hydrogen) atoms. The largest absolute Gasteiger partial charge is 0.254 e. The molecule has 0 aliphatic rings. The highest BCUT2D eigenvalue weighted by molar-refractivity contribution is 14.1. The second kappa shape index (κ2) is 3.45. The van der Waals surface area contributed by atoms with E-state index >= 15 is 0 Å². The average molecular weight is 286 g/mol. The molecule has 0 saturated heterocycles. The number of aryl methyl sites for hydroxylation is 1. The van der Waals surface area contributed by atoms with E-state index in [0.29, 0.717) is 0 Å². The number of rotatable bonds is 1. The summed E-state index contributed by atoms with van der Waals surface area (Å²) < 4.78 is 3.10. The minimum absolute atomic E-state index is 0.979. The summed E-state index contributed by atoms with van der Waals surface area (Å²) in [5, 5.41) is 3.21. The lowest BCUT2D eigenvalue weighted by molar-refractivity contribution is -0.726. The van der Waals surface area contributed by atoms with Gasteiger partial charge in [0.1, 0.15) is 9.26 Å². The molecule has 0 radical (unpaired) electrons. The standard InChI is InChI=1S/C9H8IN3/c1-13-6-7(10)9(12-13)8-4-2-3-5-11-8/h2-6H,1H3/p+1. The lowest BCUT2D eigenvalue weighted by Crippen LogP contribution is -2.28. The van der Waals surface area contributed by atoms with Gasteiger partial charge in [-0.05, 0) is 34.7 Å². The smallest absolute Gasteiger partial charge is 0.209 e. The normalized spacial score (nSPS) is 10.3. The molecule has 4 heteroatoms. The maximum atomic E-state index is 4.27. The van der Waals surface area contributed by atoms with Crippen LogP contribution in [-0.2, 0) is 7.05 Å². The molecule has 3 nitrogen and oxygen atoms in total. The number of H-pyrrole nitrogens is 1. The fourth-order valence-corrected chi connectivity index (χ4v) is 2.00. The summed E-state index contributed by atoms with van der Waals surface area (Å²) in [5.74, 6) is 0. The highest BCUT2D eigenvalue weighted by atomic mass is 127. The summed E-state index contributed by atoms with van der Waals surface area (Å²) in [7, 11) is 1.97. The number of aromatic nitrogens is 3. The van der Waals surface area contributed by atoms with Crippen molar-refractivity contribution in [3.05, 3.63) is 34.2 Å². The van der Waals surface area contributed by atoms with Gasteiger partial charge in [-0.1, -0.05) is 6.07 Å². The van der Waals surface area contributed by atoms with Crippen molar-refractivity contribution in [1.82, 2.24) is 10.1 Å². The van der Waals surface area contributed by atoms with Gasteiger partial charge in [0.15, 0.2) is 7.05 Å². The number of hydrogen-bond donors (Lipinski definition) is 1. The van der Waals surface area contributed by atoms with Gasteiger partial charge in [-0.2, -0.15) is 5.10 Å². The molecule has 1 N–H and O–H groups in total. The molecule has 2 heterocycles. The third-order valence-corrected chi connectivity index (χ3v) is 2.57. The SMILES string of the molecule is C[n+]1cc(I)c(-c2ccccn2)[nH]1. The Morgan fingerprint density at radius 2 is 2.31 bits per heavy atom. The first-order chi connectivity index (χ1) is 6.27. The lowest BCUT2D eigenvalue weighted by atomic mass is 10.3.